The Morgan fingerprint density at radius 3 is 2.45 bits per heavy atom. The van der Waals surface area contributed by atoms with E-state index in [1.807, 2.05) is 0 Å². The zero-order valence-electron chi connectivity index (χ0n) is 16.3. The van der Waals surface area contributed by atoms with Gasteiger partial charge in [-0.2, -0.15) is 0 Å². The van der Waals surface area contributed by atoms with Gasteiger partial charge in [-0.3, -0.25) is 4.79 Å². The molecule has 0 atom stereocenters. The van der Waals surface area contributed by atoms with Gasteiger partial charge in [0.25, 0.3) is 5.56 Å². The molecule has 0 aliphatic heterocycles. The summed E-state index contributed by atoms with van der Waals surface area (Å²) < 4.78 is 49.5. The molecule has 0 spiro atoms. The smallest absolute Gasteiger partial charge is 0.259 e. The molecule has 8 heteroatoms. The van der Waals surface area contributed by atoms with Gasteiger partial charge in [-0.15, -0.1) is 11.3 Å². The van der Waals surface area contributed by atoms with Crippen molar-refractivity contribution < 1.29 is 23.0 Å². The average Bonchev–Trinajstić information content (AvgIpc) is 3.28. The number of hydrogen-bond acceptors (Lipinski definition) is 4. The number of ether oxygens (including phenoxy) is 1. The largest absolute Gasteiger partial charge is 0.451 e. The summed E-state index contributed by atoms with van der Waals surface area (Å²) in [6.45, 7) is 0. The minimum Gasteiger partial charge on any atom is -0.451 e. The van der Waals surface area contributed by atoms with Crippen LogP contribution in [0, 0.1) is 17.5 Å². The van der Waals surface area contributed by atoms with E-state index in [4.69, 9.17) is 4.74 Å². The van der Waals surface area contributed by atoms with Crippen LogP contribution < -0.4 is 10.3 Å². The number of aryl methyl sites for hydroxylation is 1. The maximum Gasteiger partial charge on any atom is 0.259 e. The number of fused-ring (bicyclic) bond motifs is 1. The van der Waals surface area contributed by atoms with Crippen LogP contribution in [0.1, 0.15) is 18.4 Å². The van der Waals surface area contributed by atoms with Crippen molar-refractivity contribution in [2.24, 2.45) is 7.05 Å². The van der Waals surface area contributed by atoms with Gasteiger partial charge < -0.3 is 14.4 Å². The zero-order chi connectivity index (χ0) is 21.9. The van der Waals surface area contributed by atoms with E-state index in [2.05, 4.69) is 0 Å². The average molecular weight is 443 g/mol. The summed E-state index contributed by atoms with van der Waals surface area (Å²) in [4.78, 5) is 12.5. The summed E-state index contributed by atoms with van der Waals surface area (Å²) in [6, 6.07) is 7.67. The molecule has 2 heterocycles. The molecule has 1 aliphatic rings. The maximum atomic E-state index is 14.2. The lowest BCUT2D eigenvalue weighted by Gasteiger charge is -2.17. The van der Waals surface area contributed by atoms with E-state index in [0.717, 1.165) is 0 Å². The first-order chi connectivity index (χ1) is 14.8. The SMILES string of the molecule is Cn1cc(-c2cc(C3(O)CC3)ccc2Oc2c(F)cc(F)cc2F)c2sccc2c1=O. The summed E-state index contributed by atoms with van der Waals surface area (Å²) in [6.07, 6.45) is 2.84. The van der Waals surface area contributed by atoms with Crippen LogP contribution in [0.25, 0.3) is 21.2 Å². The van der Waals surface area contributed by atoms with E-state index in [0.29, 0.717) is 51.8 Å². The third-order valence-electron chi connectivity index (χ3n) is 5.49. The molecule has 31 heavy (non-hydrogen) atoms. The molecule has 4 aromatic rings. The van der Waals surface area contributed by atoms with Crippen LogP contribution >= 0.6 is 11.3 Å². The second-order valence-corrected chi connectivity index (χ2v) is 8.58. The van der Waals surface area contributed by atoms with Crippen molar-refractivity contribution in [1.82, 2.24) is 4.57 Å². The molecule has 5 rings (SSSR count). The van der Waals surface area contributed by atoms with Gasteiger partial charge >= 0.3 is 0 Å². The lowest BCUT2D eigenvalue weighted by molar-refractivity contribution is 0.151. The Balaban J connectivity index is 1.74. The molecule has 4 nitrogen and oxygen atoms in total. The van der Waals surface area contributed by atoms with Crippen LogP contribution in [0.3, 0.4) is 0 Å². The van der Waals surface area contributed by atoms with E-state index in [1.165, 1.54) is 22.0 Å². The van der Waals surface area contributed by atoms with Crippen LogP contribution in [0.15, 0.2) is 52.8 Å². The molecule has 1 N–H and O–H groups in total. The van der Waals surface area contributed by atoms with Crippen molar-refractivity contribution in [3.63, 3.8) is 0 Å². The number of nitrogens with zero attached hydrogens (tertiary/aromatic N) is 1. The minimum absolute atomic E-state index is 0.116. The molecule has 0 unspecified atom stereocenters. The lowest BCUT2D eigenvalue weighted by atomic mass is 9.99. The van der Waals surface area contributed by atoms with Crippen molar-refractivity contribution in [3.8, 4) is 22.6 Å². The van der Waals surface area contributed by atoms with Gasteiger partial charge in [0.05, 0.1) is 11.0 Å². The zero-order valence-corrected chi connectivity index (χ0v) is 17.1. The molecule has 158 valence electrons. The van der Waals surface area contributed by atoms with Crippen molar-refractivity contribution in [1.29, 1.82) is 0 Å². The van der Waals surface area contributed by atoms with Gasteiger partial charge in [0.1, 0.15) is 11.6 Å². The van der Waals surface area contributed by atoms with Crippen molar-refractivity contribution >= 4 is 21.4 Å². The lowest BCUT2D eigenvalue weighted by Crippen LogP contribution is -2.15. The van der Waals surface area contributed by atoms with Crippen LogP contribution in [0.4, 0.5) is 13.2 Å². The first-order valence-corrected chi connectivity index (χ1v) is 10.4. The monoisotopic (exact) mass is 443 g/mol. The fraction of sp³-hybridized carbons (Fsp3) is 0.174. The van der Waals surface area contributed by atoms with Gasteiger partial charge in [0.15, 0.2) is 17.4 Å². The Morgan fingerprint density at radius 1 is 1.06 bits per heavy atom. The third kappa shape index (κ3) is 3.32. The number of benzene rings is 2. The van der Waals surface area contributed by atoms with Crippen LogP contribution in [0.5, 0.6) is 11.5 Å². The Kier molecular flexibility index (Phi) is 4.46. The number of hydrogen-bond donors (Lipinski definition) is 1. The van der Waals surface area contributed by atoms with E-state index in [9.17, 15) is 23.1 Å². The number of rotatable bonds is 4. The molecule has 1 aliphatic carbocycles. The highest BCUT2D eigenvalue weighted by atomic mass is 32.1. The number of halogens is 3. The molecule has 0 radical (unpaired) electrons. The fourth-order valence-corrected chi connectivity index (χ4v) is 4.55. The number of thiophene rings is 1. The van der Waals surface area contributed by atoms with Gasteiger partial charge in [-0.1, -0.05) is 6.07 Å². The Morgan fingerprint density at radius 2 is 1.77 bits per heavy atom. The van der Waals surface area contributed by atoms with Gasteiger partial charge in [0, 0.05) is 41.2 Å². The Hall–Kier alpha value is -3.10. The van der Waals surface area contributed by atoms with E-state index in [-0.39, 0.29) is 11.3 Å². The molecule has 1 fully saturated rings. The van der Waals surface area contributed by atoms with Crippen molar-refractivity contribution in [2.45, 2.75) is 18.4 Å². The second-order valence-electron chi connectivity index (χ2n) is 7.67. The van der Waals surface area contributed by atoms with Crippen molar-refractivity contribution in [3.05, 3.63) is 81.3 Å². The van der Waals surface area contributed by atoms with Crippen LogP contribution in [-0.2, 0) is 12.6 Å². The van der Waals surface area contributed by atoms with Crippen LogP contribution in [-0.4, -0.2) is 9.67 Å². The predicted octanol–water partition coefficient (Wildman–Crippen LogP) is 5.46. The normalized spacial score (nSPS) is 14.7. The van der Waals surface area contributed by atoms with Gasteiger partial charge in [0.2, 0.25) is 0 Å². The molecule has 0 amide bonds. The van der Waals surface area contributed by atoms with E-state index in [1.54, 1.807) is 36.8 Å². The minimum atomic E-state index is -1.17. The predicted molar refractivity (Wildman–Crippen MR) is 112 cm³/mol. The molecule has 2 aromatic heterocycles. The van der Waals surface area contributed by atoms with E-state index >= 15 is 0 Å². The van der Waals surface area contributed by atoms with E-state index < -0.39 is 28.8 Å². The standard InChI is InChI=1S/C23H16F3NO3S/c1-27-11-16(21-14(22(27)28)4-7-31-21)15-8-12(23(29)5-6-23)2-3-19(15)30-20-17(25)9-13(24)10-18(20)26/h2-4,7-11,29H,5-6H2,1H3. The van der Waals surface area contributed by atoms with Gasteiger partial charge in [-0.25, -0.2) is 13.2 Å². The van der Waals surface area contributed by atoms with Gasteiger partial charge in [-0.05, 0) is 42.0 Å². The number of pyridine rings is 1. The first-order valence-electron chi connectivity index (χ1n) is 9.53. The quantitative estimate of drug-likeness (QED) is 0.456. The molecule has 1 saturated carbocycles. The number of aromatic nitrogens is 1. The first kappa shape index (κ1) is 19.8. The highest BCUT2D eigenvalue weighted by Gasteiger charge is 2.42. The summed E-state index contributed by atoms with van der Waals surface area (Å²) in [5.41, 5.74) is 0.609. The highest BCUT2D eigenvalue weighted by molar-refractivity contribution is 7.17. The second kappa shape index (κ2) is 6.96. The molecular formula is C23H16F3NO3S. The molecule has 2 aromatic carbocycles. The molecule has 0 bridgehead atoms. The van der Waals surface area contributed by atoms with Crippen LogP contribution in [0.2, 0.25) is 0 Å². The summed E-state index contributed by atoms with van der Waals surface area (Å²) in [5.74, 6) is -4.00. The third-order valence-corrected chi connectivity index (χ3v) is 6.44. The Labute approximate surface area is 178 Å². The summed E-state index contributed by atoms with van der Waals surface area (Å²) in [5, 5.41) is 12.9. The fourth-order valence-electron chi connectivity index (χ4n) is 3.64. The summed E-state index contributed by atoms with van der Waals surface area (Å²) >= 11 is 1.35. The molecule has 0 saturated heterocycles. The topological polar surface area (TPSA) is 51.5 Å². The maximum absolute atomic E-state index is 14.2. The van der Waals surface area contributed by atoms with Crippen molar-refractivity contribution in [2.75, 3.05) is 0 Å². The Bertz CT molecular complexity index is 1380. The highest BCUT2D eigenvalue weighted by Crippen LogP contribution is 2.48. The molecular weight excluding hydrogens is 427 g/mol. The number of aliphatic hydroxyl groups is 1. The summed E-state index contributed by atoms with van der Waals surface area (Å²) in [7, 11) is 1.61.